The molecule has 196 valence electrons. The van der Waals surface area contributed by atoms with E-state index in [9.17, 15) is 29.3 Å². The standard InChI is InChI=1S/C11H14BNO6.C11H12BNO5/c1-6(14)13-9(12(18)19)5-7-3-2-4-8(10(7)15)11(16)17;1-6(14)13-9-5-7-3-2-4-8(11(15)16)10(7)18-12(9)17/h2-4,9,15,18-19H,5H2,1H3,(H,13,14)(H,16,17);2-4,9,17H,5H2,1H3,(H,13,14)(H,15,16)/t2*9-/m00/s1. The zero-order chi connectivity index (χ0) is 27.9. The second kappa shape index (κ2) is 12.8. The van der Waals surface area contributed by atoms with Crippen LogP contribution in [0.2, 0.25) is 0 Å². The van der Waals surface area contributed by atoms with Crippen LogP contribution in [0.3, 0.4) is 0 Å². The summed E-state index contributed by atoms with van der Waals surface area (Å²) < 4.78 is 5.20. The van der Waals surface area contributed by atoms with Gasteiger partial charge in [-0.05, 0) is 36.1 Å². The third-order valence-corrected chi connectivity index (χ3v) is 5.28. The summed E-state index contributed by atoms with van der Waals surface area (Å²) in [5, 5.41) is 60.5. The van der Waals surface area contributed by atoms with Crippen LogP contribution in [0.5, 0.6) is 11.5 Å². The minimum Gasteiger partial charge on any atom is -0.534 e. The van der Waals surface area contributed by atoms with Crippen molar-refractivity contribution in [3.8, 4) is 11.5 Å². The minimum absolute atomic E-state index is 0.00725. The Morgan fingerprint density at radius 2 is 1.62 bits per heavy atom. The molecule has 2 aromatic rings. The Morgan fingerprint density at radius 1 is 1.03 bits per heavy atom. The van der Waals surface area contributed by atoms with Crippen LogP contribution in [0.4, 0.5) is 0 Å². The summed E-state index contributed by atoms with van der Waals surface area (Å²) >= 11 is 0. The fourth-order valence-corrected chi connectivity index (χ4v) is 3.63. The highest BCUT2D eigenvalue weighted by molar-refractivity contribution is 6.47. The molecule has 0 saturated heterocycles. The lowest BCUT2D eigenvalue weighted by molar-refractivity contribution is -0.120. The number of hydrogen-bond donors (Lipinski definition) is 8. The fourth-order valence-electron chi connectivity index (χ4n) is 3.63. The first-order valence-corrected chi connectivity index (χ1v) is 11.0. The van der Waals surface area contributed by atoms with Gasteiger partial charge in [-0.15, -0.1) is 0 Å². The number of fused-ring (bicyclic) bond motifs is 1. The molecule has 0 aromatic heterocycles. The smallest absolute Gasteiger partial charge is 0.534 e. The highest BCUT2D eigenvalue weighted by Gasteiger charge is 2.37. The molecule has 15 heteroatoms. The SMILES string of the molecule is CC(=O)N[C@@H](Cc1cccc(C(=O)O)c1O)B(O)O.CC(=O)N[C@H]1Cc2cccc(C(=O)O)c2OB1O. The first-order valence-electron chi connectivity index (χ1n) is 11.0. The van der Waals surface area contributed by atoms with Gasteiger partial charge in [-0.1, -0.05) is 24.3 Å². The van der Waals surface area contributed by atoms with Gasteiger partial charge in [0.1, 0.15) is 17.1 Å². The quantitative estimate of drug-likeness (QED) is 0.208. The van der Waals surface area contributed by atoms with Crippen LogP contribution in [0, 0.1) is 0 Å². The molecule has 0 radical (unpaired) electrons. The van der Waals surface area contributed by atoms with Crippen LogP contribution in [0.1, 0.15) is 45.7 Å². The number of nitrogens with one attached hydrogen (secondary N) is 2. The number of rotatable bonds is 7. The summed E-state index contributed by atoms with van der Waals surface area (Å²) in [5.41, 5.74) is 0.574. The van der Waals surface area contributed by atoms with Crippen molar-refractivity contribution in [2.45, 2.75) is 38.6 Å². The second-order valence-electron chi connectivity index (χ2n) is 8.16. The molecular weight excluding hydrogens is 490 g/mol. The van der Waals surface area contributed by atoms with E-state index in [1.807, 2.05) is 0 Å². The van der Waals surface area contributed by atoms with Gasteiger partial charge >= 0.3 is 26.2 Å². The summed E-state index contributed by atoms with van der Waals surface area (Å²) in [6, 6.07) is 8.82. The molecule has 3 rings (SSSR count). The lowest BCUT2D eigenvalue weighted by atomic mass is 9.72. The molecule has 1 heterocycles. The zero-order valence-corrected chi connectivity index (χ0v) is 19.9. The van der Waals surface area contributed by atoms with Gasteiger partial charge < -0.3 is 45.7 Å². The summed E-state index contributed by atoms with van der Waals surface area (Å²) in [6.45, 7) is 2.55. The van der Waals surface area contributed by atoms with E-state index in [1.165, 1.54) is 38.1 Å². The first kappa shape index (κ1) is 29.2. The highest BCUT2D eigenvalue weighted by atomic mass is 16.5. The van der Waals surface area contributed by atoms with E-state index in [2.05, 4.69) is 10.6 Å². The molecule has 0 unspecified atom stereocenters. The van der Waals surface area contributed by atoms with E-state index in [0.29, 0.717) is 12.0 Å². The Bertz CT molecular complexity index is 1180. The van der Waals surface area contributed by atoms with E-state index in [-0.39, 0.29) is 34.8 Å². The van der Waals surface area contributed by atoms with E-state index >= 15 is 0 Å². The molecule has 13 nitrogen and oxygen atoms in total. The lowest BCUT2D eigenvalue weighted by Crippen LogP contribution is -2.52. The first-order chi connectivity index (χ1) is 17.3. The molecule has 0 saturated carbocycles. The number of carboxylic acid groups (broad SMARTS) is 2. The Labute approximate surface area is 212 Å². The number of amides is 2. The average Bonchev–Trinajstić information content (AvgIpc) is 2.79. The van der Waals surface area contributed by atoms with Gasteiger partial charge in [0.2, 0.25) is 11.8 Å². The van der Waals surface area contributed by atoms with Crippen molar-refractivity contribution in [3.05, 3.63) is 58.7 Å². The Morgan fingerprint density at radius 3 is 2.16 bits per heavy atom. The van der Waals surface area contributed by atoms with Crippen molar-refractivity contribution in [1.82, 2.24) is 10.6 Å². The minimum atomic E-state index is -1.82. The molecule has 2 amide bonds. The van der Waals surface area contributed by atoms with Crippen LogP contribution in [0.25, 0.3) is 0 Å². The van der Waals surface area contributed by atoms with Gasteiger partial charge in [0.05, 0.1) is 17.4 Å². The highest BCUT2D eigenvalue weighted by Crippen LogP contribution is 2.30. The molecule has 0 spiro atoms. The number of carbonyl (C=O) groups excluding carboxylic acids is 2. The number of carboxylic acids is 2. The number of benzene rings is 2. The van der Waals surface area contributed by atoms with Crippen LogP contribution >= 0.6 is 0 Å². The number of carbonyl (C=O) groups is 4. The molecule has 8 N–H and O–H groups in total. The molecule has 0 bridgehead atoms. The van der Waals surface area contributed by atoms with E-state index in [4.69, 9.17) is 24.9 Å². The number of para-hydroxylation sites is 2. The molecular formula is C22H26B2N2O11. The maximum Gasteiger partial charge on any atom is 0.547 e. The molecule has 1 aliphatic rings. The molecule has 37 heavy (non-hydrogen) atoms. The predicted molar refractivity (Wildman–Crippen MR) is 130 cm³/mol. The van der Waals surface area contributed by atoms with Gasteiger partial charge in [0.15, 0.2) is 0 Å². The largest absolute Gasteiger partial charge is 0.547 e. The zero-order valence-electron chi connectivity index (χ0n) is 19.9. The van der Waals surface area contributed by atoms with Gasteiger partial charge in [0.25, 0.3) is 0 Å². The van der Waals surface area contributed by atoms with E-state index in [0.717, 1.165) is 0 Å². The molecule has 2 atom stereocenters. The Kier molecular flexibility index (Phi) is 10.1. The van der Waals surface area contributed by atoms with E-state index < -0.39 is 49.7 Å². The van der Waals surface area contributed by atoms with Crippen molar-refractivity contribution >= 4 is 38.0 Å². The third kappa shape index (κ3) is 7.96. The van der Waals surface area contributed by atoms with Crippen LogP contribution < -0.4 is 15.3 Å². The maximum absolute atomic E-state index is 11.0. The number of phenols is 1. The van der Waals surface area contributed by atoms with Crippen LogP contribution in [0.15, 0.2) is 36.4 Å². The van der Waals surface area contributed by atoms with Gasteiger partial charge in [-0.2, -0.15) is 0 Å². The van der Waals surface area contributed by atoms with Crippen molar-refractivity contribution < 1.29 is 54.2 Å². The summed E-state index contributed by atoms with van der Waals surface area (Å²) in [6.07, 6.45) is 0.224. The molecule has 0 aliphatic carbocycles. The van der Waals surface area contributed by atoms with Gasteiger partial charge in [0, 0.05) is 13.8 Å². The summed E-state index contributed by atoms with van der Waals surface area (Å²) in [7, 11) is -3.07. The van der Waals surface area contributed by atoms with Crippen LogP contribution in [-0.4, -0.2) is 80.3 Å². The van der Waals surface area contributed by atoms with Crippen LogP contribution in [-0.2, 0) is 22.4 Å². The molecule has 0 fully saturated rings. The van der Waals surface area contributed by atoms with Gasteiger partial charge in [-0.25, -0.2) is 9.59 Å². The summed E-state index contributed by atoms with van der Waals surface area (Å²) in [5.74, 6) is -5.04. The van der Waals surface area contributed by atoms with Crippen molar-refractivity contribution in [2.75, 3.05) is 0 Å². The normalized spacial score (nSPS) is 14.6. The summed E-state index contributed by atoms with van der Waals surface area (Å²) in [4.78, 5) is 43.7. The Balaban J connectivity index is 0.000000260. The monoisotopic (exact) mass is 516 g/mol. The predicted octanol–water partition coefficient (Wildman–Crippen LogP) is -1.01. The topological polar surface area (TPSA) is 223 Å². The van der Waals surface area contributed by atoms with Crippen molar-refractivity contribution in [3.63, 3.8) is 0 Å². The fraction of sp³-hybridized carbons (Fsp3) is 0.273. The van der Waals surface area contributed by atoms with Crippen molar-refractivity contribution in [1.29, 1.82) is 0 Å². The number of hydrogen-bond acceptors (Lipinski definition) is 9. The second-order valence-corrected chi connectivity index (χ2v) is 8.16. The third-order valence-electron chi connectivity index (χ3n) is 5.28. The Hall–Kier alpha value is -4.07. The number of aromatic hydroxyl groups is 1. The lowest BCUT2D eigenvalue weighted by Gasteiger charge is -2.28. The molecule has 1 aliphatic heterocycles. The number of aromatic carboxylic acids is 2. The molecule has 2 aromatic carbocycles. The maximum atomic E-state index is 11.0. The average molecular weight is 516 g/mol. The van der Waals surface area contributed by atoms with Crippen molar-refractivity contribution in [2.24, 2.45) is 0 Å². The van der Waals surface area contributed by atoms with Gasteiger partial charge in [-0.3, -0.25) is 9.59 Å². The van der Waals surface area contributed by atoms with E-state index in [1.54, 1.807) is 12.1 Å².